The van der Waals surface area contributed by atoms with Gasteiger partial charge in [-0.15, -0.1) is 0 Å². The van der Waals surface area contributed by atoms with E-state index in [2.05, 4.69) is 28.9 Å². The molecule has 1 unspecified atom stereocenters. The van der Waals surface area contributed by atoms with Gasteiger partial charge in [-0.05, 0) is 49.4 Å². The Labute approximate surface area is 132 Å². The van der Waals surface area contributed by atoms with Gasteiger partial charge in [-0.2, -0.15) is 0 Å². The van der Waals surface area contributed by atoms with Crippen LogP contribution in [0.2, 0.25) is 0 Å². The molecule has 0 radical (unpaired) electrons. The van der Waals surface area contributed by atoms with Crippen LogP contribution in [0.4, 0.5) is 5.69 Å². The zero-order chi connectivity index (χ0) is 15.5. The van der Waals surface area contributed by atoms with Crippen molar-refractivity contribution in [2.45, 2.75) is 19.8 Å². The van der Waals surface area contributed by atoms with Crippen LogP contribution in [0.25, 0.3) is 10.9 Å². The molecule has 0 bridgehead atoms. The van der Waals surface area contributed by atoms with E-state index in [1.165, 1.54) is 23.9 Å². The van der Waals surface area contributed by atoms with Crippen LogP contribution in [0.1, 0.15) is 19.8 Å². The summed E-state index contributed by atoms with van der Waals surface area (Å²) in [5, 5.41) is 1.20. The number of anilines is 1. The number of nitrogens with zero attached hydrogens (tertiary/aromatic N) is 2. The molecule has 0 aliphatic carbocycles. The first-order chi connectivity index (χ1) is 10.7. The van der Waals surface area contributed by atoms with Crippen LogP contribution in [-0.2, 0) is 0 Å². The van der Waals surface area contributed by atoms with Crippen molar-refractivity contribution in [1.82, 2.24) is 4.98 Å². The number of rotatable bonds is 4. The second-order valence-corrected chi connectivity index (χ2v) is 6.25. The van der Waals surface area contributed by atoms with Gasteiger partial charge in [0.05, 0.1) is 12.6 Å². The lowest BCUT2D eigenvalue weighted by Crippen LogP contribution is -2.37. The second kappa shape index (κ2) is 6.53. The highest BCUT2D eigenvalue weighted by Gasteiger charge is 2.24. The molecule has 2 N–H and O–H groups in total. The Hall–Kier alpha value is -1.81. The van der Waals surface area contributed by atoms with Crippen LogP contribution in [0.5, 0.6) is 5.75 Å². The smallest absolute Gasteiger partial charge is 0.121 e. The molecular formula is C18H25N3O. The first-order valence-corrected chi connectivity index (χ1v) is 8.10. The number of pyridine rings is 1. The van der Waals surface area contributed by atoms with Crippen LogP contribution >= 0.6 is 0 Å². The van der Waals surface area contributed by atoms with Crippen LogP contribution < -0.4 is 15.4 Å². The fraction of sp³-hybridized carbons (Fsp3) is 0.500. The predicted octanol–water partition coefficient (Wildman–Crippen LogP) is 3.05. The van der Waals surface area contributed by atoms with Gasteiger partial charge in [0.1, 0.15) is 5.75 Å². The monoisotopic (exact) mass is 299 g/mol. The summed E-state index contributed by atoms with van der Waals surface area (Å²) < 4.78 is 5.29. The Kier molecular flexibility index (Phi) is 4.48. The van der Waals surface area contributed by atoms with Gasteiger partial charge in [0.15, 0.2) is 0 Å². The van der Waals surface area contributed by atoms with E-state index in [-0.39, 0.29) is 0 Å². The van der Waals surface area contributed by atoms with E-state index in [0.717, 1.165) is 36.8 Å². The average molecular weight is 299 g/mol. The van der Waals surface area contributed by atoms with E-state index in [9.17, 15) is 0 Å². The number of methoxy groups -OCH3 is 1. The minimum atomic E-state index is 0.626. The number of nitrogens with two attached hydrogens (primary N) is 1. The van der Waals surface area contributed by atoms with Crippen molar-refractivity contribution in [1.29, 1.82) is 0 Å². The van der Waals surface area contributed by atoms with Gasteiger partial charge in [0.2, 0.25) is 0 Å². The van der Waals surface area contributed by atoms with Crippen molar-refractivity contribution in [2.75, 3.05) is 31.6 Å². The molecule has 0 amide bonds. The normalized spacial score (nSPS) is 17.7. The molecule has 2 aromatic rings. The number of benzene rings is 1. The third-order valence-corrected chi connectivity index (χ3v) is 4.98. The Morgan fingerprint density at radius 1 is 1.32 bits per heavy atom. The summed E-state index contributed by atoms with van der Waals surface area (Å²) in [6.07, 6.45) is 4.34. The molecular weight excluding hydrogens is 274 g/mol. The minimum absolute atomic E-state index is 0.626. The Morgan fingerprint density at radius 2 is 2.09 bits per heavy atom. The summed E-state index contributed by atoms with van der Waals surface area (Å²) in [7, 11) is 1.69. The number of fused-ring (bicyclic) bond motifs is 1. The molecule has 1 fully saturated rings. The lowest BCUT2D eigenvalue weighted by atomic mass is 9.85. The molecule has 1 aromatic heterocycles. The summed E-state index contributed by atoms with van der Waals surface area (Å²) in [6, 6.07) is 8.26. The zero-order valence-corrected chi connectivity index (χ0v) is 13.5. The van der Waals surface area contributed by atoms with Gasteiger partial charge in [-0.25, -0.2) is 0 Å². The maximum Gasteiger partial charge on any atom is 0.121 e. The summed E-state index contributed by atoms with van der Waals surface area (Å²) in [5.74, 6) is 2.24. The van der Waals surface area contributed by atoms with Crippen molar-refractivity contribution in [3.63, 3.8) is 0 Å². The van der Waals surface area contributed by atoms with Crippen LogP contribution in [0.3, 0.4) is 0 Å². The zero-order valence-electron chi connectivity index (χ0n) is 13.5. The lowest BCUT2D eigenvalue weighted by molar-refractivity contribution is 0.299. The van der Waals surface area contributed by atoms with E-state index in [0.29, 0.717) is 5.92 Å². The number of hydrogen-bond donors (Lipinski definition) is 1. The van der Waals surface area contributed by atoms with Gasteiger partial charge in [-0.1, -0.05) is 6.92 Å². The summed E-state index contributed by atoms with van der Waals surface area (Å²) in [4.78, 5) is 6.96. The molecule has 1 aliphatic rings. The maximum atomic E-state index is 5.82. The van der Waals surface area contributed by atoms with Crippen LogP contribution in [-0.4, -0.2) is 31.7 Å². The Morgan fingerprint density at radius 3 is 2.77 bits per heavy atom. The molecule has 1 atom stereocenters. The van der Waals surface area contributed by atoms with E-state index in [1.807, 2.05) is 18.3 Å². The minimum Gasteiger partial charge on any atom is -0.497 e. The molecule has 1 saturated heterocycles. The summed E-state index contributed by atoms with van der Waals surface area (Å²) in [6.45, 7) is 5.26. The van der Waals surface area contributed by atoms with Gasteiger partial charge in [-0.3, -0.25) is 4.98 Å². The fourth-order valence-corrected chi connectivity index (χ4v) is 3.42. The molecule has 4 heteroatoms. The Balaban J connectivity index is 1.82. The van der Waals surface area contributed by atoms with Gasteiger partial charge < -0.3 is 15.4 Å². The molecule has 1 aliphatic heterocycles. The van der Waals surface area contributed by atoms with E-state index >= 15 is 0 Å². The standard InChI is InChI=1S/C18H25N3O/c1-13(12-19)14-6-9-21(10-7-14)18-5-8-20-17-11-15(22-2)3-4-16(17)18/h3-5,8,11,13-14H,6-7,9-10,12,19H2,1-2H3. The third-order valence-electron chi connectivity index (χ3n) is 4.98. The first kappa shape index (κ1) is 15.1. The summed E-state index contributed by atoms with van der Waals surface area (Å²) >= 11 is 0. The van der Waals surface area contributed by atoms with Gasteiger partial charge in [0, 0.05) is 36.4 Å². The number of piperidine rings is 1. The van der Waals surface area contributed by atoms with Crippen LogP contribution in [0, 0.1) is 11.8 Å². The number of ether oxygens (including phenoxy) is 1. The van der Waals surface area contributed by atoms with Crippen molar-refractivity contribution >= 4 is 16.6 Å². The highest BCUT2D eigenvalue weighted by atomic mass is 16.5. The summed E-state index contributed by atoms with van der Waals surface area (Å²) in [5.41, 5.74) is 8.10. The highest BCUT2D eigenvalue weighted by Crippen LogP contribution is 2.32. The quantitative estimate of drug-likeness (QED) is 0.942. The third kappa shape index (κ3) is 2.88. The van der Waals surface area contributed by atoms with Crippen molar-refractivity contribution in [3.8, 4) is 5.75 Å². The maximum absolute atomic E-state index is 5.82. The van der Waals surface area contributed by atoms with Crippen molar-refractivity contribution in [2.24, 2.45) is 17.6 Å². The van der Waals surface area contributed by atoms with Crippen molar-refractivity contribution in [3.05, 3.63) is 30.5 Å². The van der Waals surface area contributed by atoms with Crippen molar-refractivity contribution < 1.29 is 4.74 Å². The lowest BCUT2D eigenvalue weighted by Gasteiger charge is -2.36. The molecule has 0 spiro atoms. The van der Waals surface area contributed by atoms with Crippen LogP contribution in [0.15, 0.2) is 30.5 Å². The number of hydrogen-bond acceptors (Lipinski definition) is 4. The van der Waals surface area contributed by atoms with E-state index in [4.69, 9.17) is 10.5 Å². The predicted molar refractivity (Wildman–Crippen MR) is 91.5 cm³/mol. The largest absolute Gasteiger partial charge is 0.497 e. The highest BCUT2D eigenvalue weighted by molar-refractivity contribution is 5.92. The molecule has 22 heavy (non-hydrogen) atoms. The number of aromatic nitrogens is 1. The molecule has 1 aromatic carbocycles. The molecule has 0 saturated carbocycles. The van der Waals surface area contributed by atoms with Gasteiger partial charge in [0.25, 0.3) is 0 Å². The van der Waals surface area contributed by atoms with E-state index < -0.39 is 0 Å². The fourth-order valence-electron chi connectivity index (χ4n) is 3.42. The second-order valence-electron chi connectivity index (χ2n) is 6.25. The first-order valence-electron chi connectivity index (χ1n) is 8.10. The SMILES string of the molecule is COc1ccc2c(N3CCC(C(C)CN)CC3)ccnc2c1. The van der Waals surface area contributed by atoms with E-state index in [1.54, 1.807) is 7.11 Å². The average Bonchev–Trinajstić information content (AvgIpc) is 2.60. The topological polar surface area (TPSA) is 51.4 Å². The molecule has 118 valence electrons. The van der Waals surface area contributed by atoms with Gasteiger partial charge >= 0.3 is 0 Å². The molecule has 3 rings (SSSR count). The Bertz CT molecular complexity index is 635. The molecule has 2 heterocycles. The molecule has 4 nitrogen and oxygen atoms in total.